The van der Waals surface area contributed by atoms with Gasteiger partial charge in [-0.3, -0.25) is 0 Å². The van der Waals surface area contributed by atoms with Crippen molar-refractivity contribution in [2.45, 2.75) is 48.7 Å². The topological polar surface area (TPSA) is 34.1 Å². The fourth-order valence-corrected chi connectivity index (χ4v) is 6.36. The van der Waals surface area contributed by atoms with Crippen LogP contribution in [0, 0.1) is 0 Å². The van der Waals surface area contributed by atoms with Gasteiger partial charge >= 0.3 is 0 Å². The normalized spacial score (nSPS) is 13.7. The molecule has 3 aromatic rings. The second kappa shape index (κ2) is 10.3. The van der Waals surface area contributed by atoms with E-state index in [1.165, 1.54) is 0 Å². The lowest BCUT2D eigenvalue weighted by Crippen LogP contribution is -2.28. The monoisotopic (exact) mass is 448 g/mol. The highest BCUT2D eigenvalue weighted by Gasteiger charge is 2.31. The van der Waals surface area contributed by atoms with Gasteiger partial charge in [0.15, 0.2) is 9.84 Å². The Balaban J connectivity index is 2.09. The minimum atomic E-state index is -3.54. The van der Waals surface area contributed by atoms with Crippen LogP contribution in [0.1, 0.15) is 11.1 Å². The molecule has 0 saturated heterocycles. The molecule has 0 N–H and O–H groups in total. The van der Waals surface area contributed by atoms with E-state index in [0.717, 1.165) is 22.7 Å². The maximum Gasteiger partial charge on any atom is 0.185 e. The first kappa shape index (κ1) is 23.2. The Bertz CT molecular complexity index is 1080. The van der Waals surface area contributed by atoms with E-state index in [1.807, 2.05) is 54.6 Å². The molecular weight excluding hydrogens is 416 g/mol. The average Bonchev–Trinajstić information content (AvgIpc) is 2.76. The highest BCUT2D eigenvalue weighted by Crippen LogP contribution is 2.28. The zero-order valence-electron chi connectivity index (χ0n) is 18.7. The van der Waals surface area contributed by atoms with Crippen molar-refractivity contribution in [3.63, 3.8) is 0 Å². The molecule has 3 rings (SSSR count). The van der Waals surface area contributed by atoms with Gasteiger partial charge in [-0.05, 0) is 42.1 Å². The minimum absolute atomic E-state index is 0.392. The summed E-state index contributed by atoms with van der Waals surface area (Å²) < 4.78 is 27.7. The second-order valence-corrected chi connectivity index (χ2v) is 16.9. The van der Waals surface area contributed by atoms with Gasteiger partial charge in [0.2, 0.25) is 0 Å². The van der Waals surface area contributed by atoms with Gasteiger partial charge in [0.25, 0.3) is 0 Å². The first-order valence-corrected chi connectivity index (χ1v) is 16.1. The minimum Gasteiger partial charge on any atom is -0.223 e. The third-order valence-corrected chi connectivity index (χ3v) is 8.93. The Hall–Kier alpha value is -2.43. The molecule has 1 atom stereocenters. The molecule has 1 unspecified atom stereocenters. The zero-order chi connectivity index (χ0) is 22.3. The Morgan fingerprint density at radius 1 is 0.774 bits per heavy atom. The summed E-state index contributed by atoms with van der Waals surface area (Å²) in [5, 5.41) is -0.589. The fourth-order valence-electron chi connectivity index (χ4n) is 3.63. The van der Waals surface area contributed by atoms with Crippen LogP contribution in [0.3, 0.4) is 0 Å². The molecule has 0 heterocycles. The predicted octanol–water partition coefficient (Wildman–Crippen LogP) is 6.58. The third-order valence-electron chi connectivity index (χ3n) is 5.35. The lowest BCUT2D eigenvalue weighted by molar-refractivity contribution is 0.584. The van der Waals surface area contributed by atoms with Gasteiger partial charge in [-0.2, -0.15) is 0 Å². The molecule has 31 heavy (non-hydrogen) atoms. The Morgan fingerprint density at radius 3 is 1.77 bits per heavy atom. The molecule has 4 heteroatoms. The van der Waals surface area contributed by atoms with Crippen LogP contribution in [0.2, 0.25) is 25.7 Å². The average molecular weight is 449 g/mol. The molecule has 162 valence electrons. The molecular formula is C27H32O2SSi. The summed E-state index contributed by atoms with van der Waals surface area (Å²) in [7, 11) is -4.92. The van der Waals surface area contributed by atoms with Crippen molar-refractivity contribution >= 4 is 17.9 Å². The number of hydrogen-bond donors (Lipinski definition) is 0. The molecule has 0 aliphatic rings. The van der Waals surface area contributed by atoms with Crippen molar-refractivity contribution in [3.8, 4) is 0 Å². The van der Waals surface area contributed by atoms with Gasteiger partial charge in [-0.25, -0.2) is 8.42 Å². The zero-order valence-corrected chi connectivity index (χ0v) is 20.5. The number of allylic oxidation sites excluding steroid dienone is 1. The van der Waals surface area contributed by atoms with Crippen LogP contribution < -0.4 is 0 Å². The second-order valence-electron chi connectivity index (χ2n) is 9.24. The van der Waals surface area contributed by atoms with E-state index in [9.17, 15) is 8.42 Å². The molecule has 0 bridgehead atoms. The van der Waals surface area contributed by atoms with Crippen molar-refractivity contribution in [2.24, 2.45) is 0 Å². The maximum atomic E-state index is 13.9. The van der Waals surface area contributed by atoms with E-state index in [4.69, 9.17) is 0 Å². The molecule has 0 aliphatic heterocycles. The lowest BCUT2D eigenvalue weighted by Gasteiger charge is -2.23. The molecule has 3 aromatic carbocycles. The standard InChI is InChI=1S/C27H32O2SSi/c1-31(2,3)20-19-25(21-23-13-7-4-8-14-23)27(22-24-15-9-5-10-16-24)30(28,29)26-17-11-6-12-18-26/h4-19,27H,20-22H2,1-3H3/b25-19-. The first-order chi connectivity index (χ1) is 14.8. The van der Waals surface area contributed by atoms with Crippen molar-refractivity contribution < 1.29 is 8.42 Å². The molecule has 0 radical (unpaired) electrons. The van der Waals surface area contributed by atoms with Gasteiger partial charge in [-0.15, -0.1) is 0 Å². The summed E-state index contributed by atoms with van der Waals surface area (Å²) in [5.74, 6) is 0. The Labute approximate surface area is 188 Å². The van der Waals surface area contributed by atoms with Crippen molar-refractivity contribution in [1.29, 1.82) is 0 Å². The van der Waals surface area contributed by atoms with Crippen LogP contribution in [0.25, 0.3) is 0 Å². The third kappa shape index (κ3) is 6.78. The Morgan fingerprint density at radius 2 is 1.26 bits per heavy atom. The van der Waals surface area contributed by atoms with E-state index in [-0.39, 0.29) is 0 Å². The summed E-state index contributed by atoms with van der Waals surface area (Å²) in [6.45, 7) is 6.96. The van der Waals surface area contributed by atoms with Crippen LogP contribution in [-0.4, -0.2) is 21.7 Å². The highest BCUT2D eigenvalue weighted by molar-refractivity contribution is 7.92. The molecule has 0 saturated carbocycles. The lowest BCUT2D eigenvalue weighted by atomic mass is 9.97. The van der Waals surface area contributed by atoms with Crippen molar-refractivity contribution in [1.82, 2.24) is 0 Å². The quantitative estimate of drug-likeness (QED) is 0.274. The van der Waals surface area contributed by atoms with Crippen LogP contribution in [0.5, 0.6) is 0 Å². The Kier molecular flexibility index (Phi) is 7.68. The smallest absolute Gasteiger partial charge is 0.185 e. The highest BCUT2D eigenvalue weighted by atomic mass is 32.2. The fraction of sp³-hybridized carbons (Fsp3) is 0.259. The number of rotatable bonds is 9. The largest absolute Gasteiger partial charge is 0.223 e. The summed E-state index contributed by atoms with van der Waals surface area (Å²) >= 11 is 0. The van der Waals surface area contributed by atoms with E-state index in [2.05, 4.69) is 37.8 Å². The van der Waals surface area contributed by atoms with Gasteiger partial charge in [0.1, 0.15) is 0 Å². The molecule has 2 nitrogen and oxygen atoms in total. The molecule has 0 fully saturated rings. The summed E-state index contributed by atoms with van der Waals surface area (Å²) in [6.07, 6.45) is 3.35. The molecule has 0 amide bonds. The van der Waals surface area contributed by atoms with Gasteiger partial charge in [-0.1, -0.05) is 110 Å². The van der Waals surface area contributed by atoms with Crippen molar-refractivity contribution in [3.05, 3.63) is 114 Å². The first-order valence-electron chi connectivity index (χ1n) is 10.8. The van der Waals surface area contributed by atoms with E-state index in [1.54, 1.807) is 24.3 Å². The van der Waals surface area contributed by atoms with E-state index >= 15 is 0 Å². The van der Waals surface area contributed by atoms with Gasteiger partial charge in [0, 0.05) is 8.07 Å². The van der Waals surface area contributed by atoms with Crippen LogP contribution in [0.4, 0.5) is 0 Å². The SMILES string of the molecule is C[Si](C)(C)C/C=C(/Cc1ccccc1)C(Cc1ccccc1)S(=O)(=O)c1ccccc1. The summed E-state index contributed by atoms with van der Waals surface area (Å²) in [6, 6.07) is 30.0. The van der Waals surface area contributed by atoms with Crippen LogP contribution >= 0.6 is 0 Å². The van der Waals surface area contributed by atoms with Crippen molar-refractivity contribution in [2.75, 3.05) is 0 Å². The summed E-state index contributed by atoms with van der Waals surface area (Å²) in [4.78, 5) is 0.392. The maximum absolute atomic E-state index is 13.9. The number of sulfone groups is 1. The molecule has 0 aliphatic carbocycles. The number of hydrogen-bond acceptors (Lipinski definition) is 2. The molecule has 0 spiro atoms. The van der Waals surface area contributed by atoms with E-state index in [0.29, 0.717) is 17.7 Å². The van der Waals surface area contributed by atoms with Gasteiger partial charge in [0.05, 0.1) is 10.1 Å². The van der Waals surface area contributed by atoms with E-state index < -0.39 is 23.2 Å². The van der Waals surface area contributed by atoms with Gasteiger partial charge < -0.3 is 0 Å². The predicted molar refractivity (Wildman–Crippen MR) is 134 cm³/mol. The molecule has 0 aromatic heterocycles. The van der Waals surface area contributed by atoms with Crippen LogP contribution in [-0.2, 0) is 22.7 Å². The summed E-state index contributed by atoms with van der Waals surface area (Å²) in [5.41, 5.74) is 3.19. The number of benzene rings is 3. The van der Waals surface area contributed by atoms with Crippen LogP contribution in [0.15, 0.2) is 108 Å².